The molecule has 0 aliphatic carbocycles. The van der Waals surface area contributed by atoms with E-state index in [-0.39, 0.29) is 17.8 Å². The first-order valence-electron chi connectivity index (χ1n) is 8.55. The molecule has 1 N–H and O–H groups in total. The van der Waals surface area contributed by atoms with E-state index in [2.05, 4.69) is 9.88 Å². The number of morpholine rings is 1. The molecule has 2 aliphatic rings. The smallest absolute Gasteiger partial charge is 0.242 e. The third-order valence-electron chi connectivity index (χ3n) is 4.87. The van der Waals surface area contributed by atoms with E-state index in [0.717, 1.165) is 22.8 Å². The van der Waals surface area contributed by atoms with Gasteiger partial charge in [0.15, 0.2) is 0 Å². The fourth-order valence-corrected chi connectivity index (χ4v) is 3.49. The normalized spacial score (nSPS) is 20.4. The number of rotatable bonds is 2. The van der Waals surface area contributed by atoms with Crippen molar-refractivity contribution in [3.8, 4) is 11.3 Å². The molecule has 1 aromatic carbocycles. The molecule has 7 heteroatoms. The van der Waals surface area contributed by atoms with Crippen LogP contribution in [0, 0.1) is 12.7 Å². The van der Waals surface area contributed by atoms with Crippen LogP contribution in [0.2, 0.25) is 0 Å². The van der Waals surface area contributed by atoms with E-state index in [9.17, 15) is 9.18 Å². The SMILES string of the molecule is Cc1c(-c2ccc(F)cc2)nc2n1CCN(C(=O)C1COCCN1)C2. The van der Waals surface area contributed by atoms with Gasteiger partial charge in [0, 0.05) is 30.9 Å². The second-order valence-corrected chi connectivity index (χ2v) is 6.46. The van der Waals surface area contributed by atoms with Crippen LogP contribution in [-0.2, 0) is 22.6 Å². The number of benzene rings is 1. The summed E-state index contributed by atoms with van der Waals surface area (Å²) >= 11 is 0. The van der Waals surface area contributed by atoms with Gasteiger partial charge in [-0.05, 0) is 31.2 Å². The molecule has 6 nitrogen and oxygen atoms in total. The number of ether oxygens (including phenoxy) is 1. The maximum atomic E-state index is 13.2. The van der Waals surface area contributed by atoms with Gasteiger partial charge in [-0.25, -0.2) is 9.37 Å². The molecule has 1 atom stereocenters. The number of carbonyl (C=O) groups excluding carboxylic acids is 1. The monoisotopic (exact) mass is 344 g/mol. The lowest BCUT2D eigenvalue weighted by Gasteiger charge is -2.33. The van der Waals surface area contributed by atoms with Crippen LogP contribution in [0.4, 0.5) is 4.39 Å². The highest BCUT2D eigenvalue weighted by molar-refractivity contribution is 5.82. The minimum Gasteiger partial charge on any atom is -0.378 e. The van der Waals surface area contributed by atoms with Crippen LogP contribution >= 0.6 is 0 Å². The van der Waals surface area contributed by atoms with Crippen LogP contribution in [0.5, 0.6) is 0 Å². The molecule has 3 heterocycles. The Morgan fingerprint density at radius 2 is 2.12 bits per heavy atom. The van der Waals surface area contributed by atoms with Gasteiger partial charge in [0.2, 0.25) is 5.91 Å². The van der Waals surface area contributed by atoms with Crippen LogP contribution in [0.15, 0.2) is 24.3 Å². The van der Waals surface area contributed by atoms with Gasteiger partial charge in [0.1, 0.15) is 17.7 Å². The van der Waals surface area contributed by atoms with Crippen LogP contribution in [0.1, 0.15) is 11.5 Å². The average molecular weight is 344 g/mol. The highest BCUT2D eigenvalue weighted by atomic mass is 19.1. The third kappa shape index (κ3) is 3.05. The number of amides is 1. The van der Waals surface area contributed by atoms with E-state index in [1.807, 2.05) is 11.8 Å². The summed E-state index contributed by atoms with van der Waals surface area (Å²) in [5.74, 6) is 0.674. The Hall–Kier alpha value is -2.25. The molecule has 1 aromatic heterocycles. The average Bonchev–Trinajstić information content (AvgIpc) is 2.98. The number of nitrogens with zero attached hydrogens (tertiary/aromatic N) is 3. The van der Waals surface area contributed by atoms with E-state index < -0.39 is 0 Å². The molecule has 1 amide bonds. The van der Waals surface area contributed by atoms with Gasteiger partial charge in [-0.2, -0.15) is 0 Å². The second-order valence-electron chi connectivity index (χ2n) is 6.46. The highest BCUT2D eigenvalue weighted by Gasteiger charge is 2.30. The van der Waals surface area contributed by atoms with Crippen molar-refractivity contribution >= 4 is 5.91 Å². The molecular weight excluding hydrogens is 323 g/mol. The number of nitrogens with one attached hydrogen (secondary N) is 1. The van der Waals surface area contributed by atoms with Crippen molar-refractivity contribution in [3.05, 3.63) is 41.6 Å². The fourth-order valence-electron chi connectivity index (χ4n) is 3.49. The Morgan fingerprint density at radius 1 is 1.32 bits per heavy atom. The number of halogens is 1. The predicted octanol–water partition coefficient (Wildman–Crippen LogP) is 1.33. The molecule has 1 unspecified atom stereocenters. The van der Waals surface area contributed by atoms with Crippen molar-refractivity contribution in [1.29, 1.82) is 0 Å². The van der Waals surface area contributed by atoms with E-state index in [4.69, 9.17) is 9.72 Å². The van der Waals surface area contributed by atoms with Crippen molar-refractivity contribution in [2.75, 3.05) is 26.3 Å². The fraction of sp³-hybridized carbons (Fsp3) is 0.444. The van der Waals surface area contributed by atoms with Gasteiger partial charge in [-0.3, -0.25) is 4.79 Å². The second kappa shape index (κ2) is 6.57. The minimum absolute atomic E-state index is 0.0648. The van der Waals surface area contributed by atoms with Gasteiger partial charge in [-0.15, -0.1) is 0 Å². The molecule has 0 spiro atoms. The molecule has 0 saturated carbocycles. The zero-order valence-corrected chi connectivity index (χ0v) is 14.2. The molecule has 1 fully saturated rings. The summed E-state index contributed by atoms with van der Waals surface area (Å²) in [5.41, 5.74) is 2.79. The Labute approximate surface area is 145 Å². The Morgan fingerprint density at radius 3 is 2.84 bits per heavy atom. The van der Waals surface area contributed by atoms with Crippen molar-refractivity contribution in [2.45, 2.75) is 26.1 Å². The summed E-state index contributed by atoms with van der Waals surface area (Å²) in [6.07, 6.45) is 0. The number of fused-ring (bicyclic) bond motifs is 1. The van der Waals surface area contributed by atoms with Crippen LogP contribution < -0.4 is 5.32 Å². The van der Waals surface area contributed by atoms with Crippen LogP contribution in [0.3, 0.4) is 0 Å². The number of aromatic nitrogens is 2. The standard InChI is InChI=1S/C18H21FN4O2/c1-12-17(13-2-4-14(19)5-3-13)21-16-10-22(7-8-23(12)16)18(24)15-11-25-9-6-20-15/h2-5,15,20H,6-11H2,1H3. The van der Waals surface area contributed by atoms with E-state index >= 15 is 0 Å². The summed E-state index contributed by atoms with van der Waals surface area (Å²) < 4.78 is 20.7. The first-order valence-corrected chi connectivity index (χ1v) is 8.55. The molecular formula is C18H21FN4O2. The predicted molar refractivity (Wildman–Crippen MR) is 90.4 cm³/mol. The molecule has 2 aliphatic heterocycles. The molecule has 132 valence electrons. The Balaban J connectivity index is 1.56. The first-order chi connectivity index (χ1) is 12.1. The van der Waals surface area contributed by atoms with Gasteiger partial charge < -0.3 is 19.5 Å². The van der Waals surface area contributed by atoms with Crippen molar-refractivity contribution in [1.82, 2.24) is 19.8 Å². The molecule has 4 rings (SSSR count). The first kappa shape index (κ1) is 16.2. The highest BCUT2D eigenvalue weighted by Crippen LogP contribution is 2.26. The lowest BCUT2D eigenvalue weighted by molar-refractivity contribution is -0.137. The van der Waals surface area contributed by atoms with Gasteiger partial charge >= 0.3 is 0 Å². The summed E-state index contributed by atoms with van der Waals surface area (Å²) in [6, 6.07) is 6.09. The van der Waals surface area contributed by atoms with Crippen molar-refractivity contribution in [3.63, 3.8) is 0 Å². The third-order valence-corrected chi connectivity index (χ3v) is 4.87. The maximum absolute atomic E-state index is 13.2. The molecule has 0 radical (unpaired) electrons. The summed E-state index contributed by atoms with van der Waals surface area (Å²) in [6.45, 7) is 5.64. The molecule has 1 saturated heterocycles. The lowest BCUT2D eigenvalue weighted by Crippen LogP contribution is -2.53. The quantitative estimate of drug-likeness (QED) is 0.893. The number of hydrogen-bond acceptors (Lipinski definition) is 4. The Kier molecular flexibility index (Phi) is 4.27. The van der Waals surface area contributed by atoms with Gasteiger partial charge in [-0.1, -0.05) is 0 Å². The topological polar surface area (TPSA) is 59.4 Å². The summed E-state index contributed by atoms with van der Waals surface area (Å²) in [7, 11) is 0. The van der Waals surface area contributed by atoms with Gasteiger partial charge in [0.05, 0.1) is 25.5 Å². The Bertz CT molecular complexity index is 781. The van der Waals surface area contributed by atoms with E-state index in [0.29, 0.717) is 39.4 Å². The minimum atomic E-state index is -0.270. The number of hydrogen-bond donors (Lipinski definition) is 1. The lowest BCUT2D eigenvalue weighted by atomic mass is 10.1. The molecule has 2 aromatic rings. The zero-order valence-electron chi connectivity index (χ0n) is 14.2. The zero-order chi connectivity index (χ0) is 17.4. The number of carbonyl (C=O) groups is 1. The molecule has 0 bridgehead atoms. The maximum Gasteiger partial charge on any atom is 0.242 e. The van der Waals surface area contributed by atoms with Gasteiger partial charge in [0.25, 0.3) is 0 Å². The number of imidazole rings is 1. The summed E-state index contributed by atoms with van der Waals surface area (Å²) in [5, 5.41) is 3.21. The van der Waals surface area contributed by atoms with E-state index in [1.165, 1.54) is 12.1 Å². The summed E-state index contributed by atoms with van der Waals surface area (Å²) in [4.78, 5) is 19.2. The molecule has 25 heavy (non-hydrogen) atoms. The van der Waals surface area contributed by atoms with E-state index in [1.54, 1.807) is 12.1 Å². The van der Waals surface area contributed by atoms with Crippen molar-refractivity contribution in [2.24, 2.45) is 0 Å². The van der Waals surface area contributed by atoms with Crippen LogP contribution in [-0.4, -0.2) is 52.7 Å². The van der Waals surface area contributed by atoms with Crippen molar-refractivity contribution < 1.29 is 13.9 Å². The van der Waals surface area contributed by atoms with Crippen LogP contribution in [0.25, 0.3) is 11.3 Å². The largest absolute Gasteiger partial charge is 0.378 e.